The molecule has 5 nitrogen and oxygen atoms in total. The topological polar surface area (TPSA) is 44.8 Å². The molecule has 1 aliphatic carbocycles. The van der Waals surface area contributed by atoms with E-state index >= 15 is 0 Å². The van der Waals surface area contributed by atoms with Crippen LogP contribution in [0.5, 0.6) is 0 Å². The summed E-state index contributed by atoms with van der Waals surface area (Å²) in [5.41, 5.74) is 5.86. The van der Waals surface area contributed by atoms with Crippen molar-refractivity contribution in [2.24, 2.45) is 0 Å². The molecule has 7 heteroatoms. The van der Waals surface area contributed by atoms with Gasteiger partial charge in [-0.15, -0.1) is 11.3 Å². The van der Waals surface area contributed by atoms with Crippen LogP contribution in [0.15, 0.2) is 18.2 Å². The molecule has 1 saturated heterocycles. The van der Waals surface area contributed by atoms with E-state index in [0.29, 0.717) is 10.7 Å². The van der Waals surface area contributed by atoms with Crippen molar-refractivity contribution in [2.45, 2.75) is 52.4 Å². The maximum atomic E-state index is 12.7. The molecule has 0 radical (unpaired) electrons. The molecular formula is C25H33N3O2S2. The van der Waals surface area contributed by atoms with Gasteiger partial charge in [0, 0.05) is 36.7 Å². The highest BCUT2D eigenvalue weighted by Gasteiger charge is 2.27. The van der Waals surface area contributed by atoms with Crippen LogP contribution in [0.3, 0.4) is 0 Å². The predicted octanol–water partition coefficient (Wildman–Crippen LogP) is 5.33. The van der Waals surface area contributed by atoms with E-state index in [0.717, 1.165) is 50.4 Å². The zero-order valence-corrected chi connectivity index (χ0v) is 21.0. The summed E-state index contributed by atoms with van der Waals surface area (Å²) in [4.78, 5) is 18.6. The van der Waals surface area contributed by atoms with E-state index in [4.69, 9.17) is 17.0 Å². The number of hydrogen-bond donors (Lipinski definition) is 1. The van der Waals surface area contributed by atoms with Crippen LogP contribution in [0.4, 0.5) is 10.7 Å². The summed E-state index contributed by atoms with van der Waals surface area (Å²) in [6.07, 6.45) is 6.76. The molecule has 1 aliphatic heterocycles. The second-order valence-corrected chi connectivity index (χ2v) is 10.2. The van der Waals surface area contributed by atoms with Crippen molar-refractivity contribution in [3.05, 3.63) is 45.3 Å². The number of carbonyl (C=O) groups is 1. The average Bonchev–Trinajstić information content (AvgIpc) is 3.11. The number of benzene rings is 1. The fourth-order valence-corrected chi connectivity index (χ4v) is 6.36. The Labute approximate surface area is 200 Å². The third-order valence-electron chi connectivity index (χ3n) is 6.76. The summed E-state index contributed by atoms with van der Waals surface area (Å²) < 4.78 is 5.15. The summed E-state index contributed by atoms with van der Waals surface area (Å²) in [5.74, 6) is -0.256. The second kappa shape index (κ2) is 10.2. The highest BCUT2D eigenvalue weighted by atomic mass is 32.1. The number of esters is 1. The molecule has 1 aromatic carbocycles. The Morgan fingerprint density at radius 3 is 2.50 bits per heavy atom. The number of nitrogens with zero attached hydrogens (tertiary/aromatic N) is 2. The largest absolute Gasteiger partial charge is 0.465 e. The quantitative estimate of drug-likeness (QED) is 0.482. The first-order valence-corrected chi connectivity index (χ1v) is 12.8. The molecule has 2 heterocycles. The lowest BCUT2D eigenvalue weighted by Gasteiger charge is -2.38. The zero-order valence-electron chi connectivity index (χ0n) is 19.3. The molecule has 0 amide bonds. The molecular weight excluding hydrogens is 438 g/mol. The number of piperazine rings is 1. The first kappa shape index (κ1) is 23.1. The molecule has 0 spiro atoms. The summed E-state index contributed by atoms with van der Waals surface area (Å²) in [5, 5.41) is 4.98. The van der Waals surface area contributed by atoms with Gasteiger partial charge in [-0.2, -0.15) is 0 Å². The van der Waals surface area contributed by atoms with E-state index in [1.54, 1.807) is 11.3 Å². The molecule has 2 aliphatic rings. The van der Waals surface area contributed by atoms with E-state index in [1.165, 1.54) is 53.6 Å². The molecule has 0 unspecified atom stereocenters. The number of methoxy groups -OCH3 is 1. The number of aryl methyl sites for hydroxylation is 2. The number of nitrogens with one attached hydrogen (secondary N) is 1. The second-order valence-electron chi connectivity index (χ2n) is 8.74. The normalized spacial score (nSPS) is 16.7. The Balaban J connectivity index is 1.47. The van der Waals surface area contributed by atoms with Crippen LogP contribution in [0.2, 0.25) is 0 Å². The smallest absolute Gasteiger partial charge is 0.341 e. The number of hydrogen-bond acceptors (Lipinski definition) is 5. The number of anilines is 2. The fraction of sp³-hybridized carbons (Fsp3) is 0.520. The molecule has 1 N–H and O–H groups in total. The molecule has 2 aromatic rings. The number of thiophene rings is 1. The monoisotopic (exact) mass is 471 g/mol. The lowest BCUT2D eigenvalue weighted by molar-refractivity contribution is 0.0601. The lowest BCUT2D eigenvalue weighted by Crippen LogP contribution is -2.50. The van der Waals surface area contributed by atoms with E-state index in [1.807, 2.05) is 0 Å². The van der Waals surface area contributed by atoms with Gasteiger partial charge in [0.25, 0.3) is 0 Å². The Morgan fingerprint density at radius 1 is 1.06 bits per heavy atom. The molecule has 32 heavy (non-hydrogen) atoms. The number of fused-ring (bicyclic) bond motifs is 1. The first-order chi connectivity index (χ1) is 15.5. The van der Waals surface area contributed by atoms with Crippen molar-refractivity contribution < 1.29 is 9.53 Å². The van der Waals surface area contributed by atoms with Crippen molar-refractivity contribution in [3.63, 3.8) is 0 Å². The third-order valence-corrected chi connectivity index (χ3v) is 8.33. The maximum Gasteiger partial charge on any atom is 0.341 e. The SMILES string of the molecule is COC(=O)c1c(NC(=S)N2CCN(c3cccc(C)c3C)CC2)sc2c1CCCCCC2. The Hall–Kier alpha value is -2.12. The molecule has 1 fully saturated rings. The van der Waals surface area contributed by atoms with Crippen molar-refractivity contribution in [1.82, 2.24) is 4.90 Å². The molecule has 0 atom stereocenters. The molecule has 172 valence electrons. The van der Waals surface area contributed by atoms with Crippen LogP contribution in [-0.2, 0) is 17.6 Å². The van der Waals surface area contributed by atoms with Gasteiger partial charge in [-0.1, -0.05) is 25.0 Å². The summed E-state index contributed by atoms with van der Waals surface area (Å²) in [6, 6.07) is 6.50. The van der Waals surface area contributed by atoms with Gasteiger partial charge in [-0.05, 0) is 74.5 Å². The first-order valence-electron chi connectivity index (χ1n) is 11.6. The van der Waals surface area contributed by atoms with Gasteiger partial charge in [0.05, 0.1) is 12.7 Å². The van der Waals surface area contributed by atoms with Crippen molar-refractivity contribution in [2.75, 3.05) is 43.5 Å². The molecule has 4 rings (SSSR count). The van der Waals surface area contributed by atoms with Crippen LogP contribution in [-0.4, -0.2) is 49.3 Å². The fourth-order valence-electron chi connectivity index (χ4n) is 4.73. The van der Waals surface area contributed by atoms with Gasteiger partial charge in [-0.3, -0.25) is 0 Å². The van der Waals surface area contributed by atoms with E-state index in [2.05, 4.69) is 47.2 Å². The third kappa shape index (κ3) is 4.79. The standard InChI is InChI=1S/C25H33N3O2S2/c1-17-9-8-11-20(18(17)2)27-13-15-28(16-14-27)25(31)26-23-22(24(29)30-3)19-10-6-4-5-7-12-21(19)32-23/h8-9,11H,4-7,10,12-16H2,1-3H3,(H,26,31). The minimum Gasteiger partial charge on any atom is -0.465 e. The highest BCUT2D eigenvalue weighted by molar-refractivity contribution is 7.80. The van der Waals surface area contributed by atoms with Gasteiger partial charge in [0.1, 0.15) is 5.00 Å². The average molecular weight is 472 g/mol. The number of rotatable bonds is 3. The summed E-state index contributed by atoms with van der Waals surface area (Å²) >= 11 is 7.47. The summed E-state index contributed by atoms with van der Waals surface area (Å²) in [6.45, 7) is 7.93. The van der Waals surface area contributed by atoms with Crippen LogP contribution in [0, 0.1) is 13.8 Å². The van der Waals surface area contributed by atoms with E-state index in [9.17, 15) is 4.79 Å². The minimum absolute atomic E-state index is 0.256. The van der Waals surface area contributed by atoms with Crippen molar-refractivity contribution >= 4 is 45.3 Å². The number of carbonyl (C=O) groups excluding carboxylic acids is 1. The van der Waals surface area contributed by atoms with Crippen LogP contribution in [0.1, 0.15) is 57.6 Å². The van der Waals surface area contributed by atoms with Crippen molar-refractivity contribution in [1.29, 1.82) is 0 Å². The van der Waals surface area contributed by atoms with Crippen molar-refractivity contribution in [3.8, 4) is 0 Å². The number of thiocarbonyl (C=S) groups is 1. The van der Waals surface area contributed by atoms with E-state index < -0.39 is 0 Å². The Morgan fingerprint density at radius 2 is 1.78 bits per heavy atom. The van der Waals surface area contributed by atoms with Crippen LogP contribution in [0.25, 0.3) is 0 Å². The summed E-state index contributed by atoms with van der Waals surface area (Å²) in [7, 11) is 1.46. The van der Waals surface area contributed by atoms with Crippen LogP contribution < -0.4 is 10.2 Å². The minimum atomic E-state index is -0.256. The highest BCUT2D eigenvalue weighted by Crippen LogP contribution is 2.37. The Kier molecular flexibility index (Phi) is 7.36. The van der Waals surface area contributed by atoms with Gasteiger partial charge < -0.3 is 19.9 Å². The van der Waals surface area contributed by atoms with Gasteiger partial charge in [-0.25, -0.2) is 4.79 Å². The zero-order chi connectivity index (χ0) is 22.7. The van der Waals surface area contributed by atoms with Gasteiger partial charge in [0.2, 0.25) is 0 Å². The van der Waals surface area contributed by atoms with Gasteiger partial charge >= 0.3 is 5.97 Å². The predicted molar refractivity (Wildman–Crippen MR) is 137 cm³/mol. The molecule has 0 bridgehead atoms. The molecule has 0 saturated carbocycles. The van der Waals surface area contributed by atoms with E-state index in [-0.39, 0.29) is 5.97 Å². The Bertz CT molecular complexity index is 993. The van der Waals surface area contributed by atoms with Crippen LogP contribution >= 0.6 is 23.6 Å². The number of ether oxygens (including phenoxy) is 1. The maximum absolute atomic E-state index is 12.7. The molecule has 1 aromatic heterocycles. The van der Waals surface area contributed by atoms with Gasteiger partial charge in [0.15, 0.2) is 5.11 Å². The lowest BCUT2D eigenvalue weighted by atomic mass is 9.96.